The van der Waals surface area contributed by atoms with Crippen LogP contribution in [0.1, 0.15) is 23.2 Å². The lowest BCUT2D eigenvalue weighted by Gasteiger charge is -2.06. The molecule has 3 rings (SSSR count). The Kier molecular flexibility index (Phi) is 5.22. The number of amides is 1. The Morgan fingerprint density at radius 1 is 1.24 bits per heavy atom. The van der Waals surface area contributed by atoms with Crippen LogP contribution in [0.2, 0.25) is 0 Å². The number of hydrogen-bond acceptors (Lipinski definition) is 4. The van der Waals surface area contributed by atoms with Crippen LogP contribution >= 0.6 is 11.3 Å². The van der Waals surface area contributed by atoms with Crippen LogP contribution in [-0.4, -0.2) is 10.9 Å². The van der Waals surface area contributed by atoms with Crippen molar-refractivity contribution in [2.75, 3.05) is 5.32 Å². The summed E-state index contributed by atoms with van der Waals surface area (Å²) in [7, 11) is 0. The van der Waals surface area contributed by atoms with Crippen molar-refractivity contribution in [1.82, 2.24) is 4.98 Å². The molecule has 124 valence electrons. The van der Waals surface area contributed by atoms with Crippen molar-refractivity contribution in [2.24, 2.45) is 0 Å². The molecule has 0 spiro atoms. The highest BCUT2D eigenvalue weighted by molar-refractivity contribution is 7.13. The van der Waals surface area contributed by atoms with Crippen LogP contribution in [0, 0.1) is 18.3 Å². The molecule has 0 atom stereocenters. The van der Waals surface area contributed by atoms with E-state index in [2.05, 4.69) is 35.4 Å². The van der Waals surface area contributed by atoms with E-state index in [0.29, 0.717) is 24.1 Å². The SMILES string of the molecule is Cc1cccc(-c2nc(CCC(=O)Nc3ccccc3C#N)cs2)c1. The molecular weight excluding hydrogens is 330 g/mol. The number of rotatable bonds is 5. The minimum absolute atomic E-state index is 0.118. The minimum Gasteiger partial charge on any atom is -0.325 e. The van der Waals surface area contributed by atoms with Gasteiger partial charge in [-0.15, -0.1) is 11.3 Å². The van der Waals surface area contributed by atoms with Crippen molar-refractivity contribution in [3.05, 3.63) is 70.7 Å². The molecule has 4 nitrogen and oxygen atoms in total. The Bertz CT molecular complexity index is 940. The molecule has 25 heavy (non-hydrogen) atoms. The molecule has 1 heterocycles. The average Bonchev–Trinajstić information content (AvgIpc) is 3.09. The Morgan fingerprint density at radius 3 is 2.88 bits per heavy atom. The van der Waals surface area contributed by atoms with Crippen LogP contribution in [0.3, 0.4) is 0 Å². The quantitative estimate of drug-likeness (QED) is 0.735. The zero-order valence-electron chi connectivity index (χ0n) is 13.8. The number of aromatic nitrogens is 1. The third-order valence-corrected chi connectivity index (χ3v) is 4.69. The van der Waals surface area contributed by atoms with Crippen LogP contribution in [0.5, 0.6) is 0 Å². The summed E-state index contributed by atoms with van der Waals surface area (Å²) in [6, 6.07) is 17.3. The zero-order chi connectivity index (χ0) is 17.6. The molecule has 0 aliphatic carbocycles. The maximum absolute atomic E-state index is 12.1. The molecule has 5 heteroatoms. The summed E-state index contributed by atoms with van der Waals surface area (Å²) in [5, 5.41) is 14.8. The van der Waals surface area contributed by atoms with Crippen molar-refractivity contribution < 1.29 is 4.79 Å². The summed E-state index contributed by atoms with van der Waals surface area (Å²) < 4.78 is 0. The van der Waals surface area contributed by atoms with E-state index in [1.54, 1.807) is 35.6 Å². The van der Waals surface area contributed by atoms with Crippen LogP contribution in [0.4, 0.5) is 5.69 Å². The summed E-state index contributed by atoms with van der Waals surface area (Å²) in [5.74, 6) is -0.118. The smallest absolute Gasteiger partial charge is 0.224 e. The van der Waals surface area contributed by atoms with E-state index in [9.17, 15) is 4.79 Å². The number of carbonyl (C=O) groups is 1. The summed E-state index contributed by atoms with van der Waals surface area (Å²) in [6.07, 6.45) is 0.902. The van der Waals surface area contributed by atoms with Gasteiger partial charge in [0.1, 0.15) is 11.1 Å². The predicted octanol–water partition coefficient (Wildman–Crippen LogP) is 4.56. The first-order valence-electron chi connectivity index (χ1n) is 7.96. The molecule has 0 aliphatic heterocycles. The van der Waals surface area contributed by atoms with Crippen molar-refractivity contribution in [2.45, 2.75) is 19.8 Å². The molecule has 0 unspecified atom stereocenters. The van der Waals surface area contributed by atoms with E-state index in [0.717, 1.165) is 16.3 Å². The number of thiazole rings is 1. The highest BCUT2D eigenvalue weighted by Crippen LogP contribution is 2.25. The van der Waals surface area contributed by atoms with Gasteiger partial charge < -0.3 is 5.32 Å². The fraction of sp³-hybridized carbons (Fsp3) is 0.150. The van der Waals surface area contributed by atoms with Crippen LogP contribution in [0.25, 0.3) is 10.6 Å². The fourth-order valence-corrected chi connectivity index (χ4v) is 3.33. The second-order valence-electron chi connectivity index (χ2n) is 5.72. The molecule has 0 fully saturated rings. The van der Waals surface area contributed by atoms with Gasteiger partial charge in [0.05, 0.1) is 16.9 Å². The number of para-hydroxylation sites is 1. The van der Waals surface area contributed by atoms with Crippen LogP contribution < -0.4 is 5.32 Å². The molecule has 0 radical (unpaired) electrons. The Labute approximate surface area is 150 Å². The van der Waals surface area contributed by atoms with Gasteiger partial charge in [0.15, 0.2) is 0 Å². The standard InChI is InChI=1S/C20H17N3OS/c1-14-5-4-7-15(11-14)20-22-17(13-25-20)9-10-19(24)23-18-8-3-2-6-16(18)12-21/h2-8,11,13H,9-10H2,1H3,(H,23,24). The van der Waals surface area contributed by atoms with Gasteiger partial charge in [0.2, 0.25) is 5.91 Å². The molecule has 0 bridgehead atoms. The molecule has 0 saturated carbocycles. The molecular formula is C20H17N3OS. The summed E-state index contributed by atoms with van der Waals surface area (Å²) in [4.78, 5) is 16.8. The second kappa shape index (κ2) is 7.73. The summed E-state index contributed by atoms with van der Waals surface area (Å²) in [6.45, 7) is 2.06. The molecule has 1 aromatic heterocycles. The molecule has 1 N–H and O–H groups in total. The number of benzene rings is 2. The van der Waals surface area contributed by atoms with E-state index >= 15 is 0 Å². The number of nitriles is 1. The number of carbonyl (C=O) groups excluding carboxylic acids is 1. The molecule has 2 aromatic carbocycles. The predicted molar refractivity (Wildman–Crippen MR) is 100 cm³/mol. The second-order valence-corrected chi connectivity index (χ2v) is 6.58. The number of nitrogens with one attached hydrogen (secondary N) is 1. The van der Waals surface area contributed by atoms with Crippen molar-refractivity contribution in [3.63, 3.8) is 0 Å². The van der Waals surface area contributed by atoms with Crippen LogP contribution in [0.15, 0.2) is 53.9 Å². The lowest BCUT2D eigenvalue weighted by atomic mass is 10.1. The first-order valence-corrected chi connectivity index (χ1v) is 8.84. The Balaban J connectivity index is 1.61. The summed E-state index contributed by atoms with van der Waals surface area (Å²) in [5.41, 5.74) is 4.22. The van der Waals surface area contributed by atoms with Gasteiger partial charge in [-0.3, -0.25) is 4.79 Å². The highest BCUT2D eigenvalue weighted by atomic mass is 32.1. The Morgan fingerprint density at radius 2 is 2.08 bits per heavy atom. The van der Waals surface area contributed by atoms with Gasteiger partial charge in [-0.25, -0.2) is 4.98 Å². The zero-order valence-corrected chi connectivity index (χ0v) is 14.6. The maximum atomic E-state index is 12.1. The van der Waals surface area contributed by atoms with Crippen molar-refractivity contribution in [1.29, 1.82) is 5.26 Å². The van der Waals surface area contributed by atoms with Gasteiger partial charge in [-0.1, -0.05) is 35.9 Å². The number of nitrogens with zero attached hydrogens (tertiary/aromatic N) is 2. The molecule has 3 aromatic rings. The molecule has 0 aliphatic rings. The van der Waals surface area contributed by atoms with Crippen molar-refractivity contribution in [3.8, 4) is 16.6 Å². The monoisotopic (exact) mass is 347 g/mol. The van der Waals surface area contributed by atoms with Gasteiger partial charge in [-0.05, 0) is 31.5 Å². The maximum Gasteiger partial charge on any atom is 0.224 e. The molecule has 1 amide bonds. The first kappa shape index (κ1) is 16.9. The third-order valence-electron chi connectivity index (χ3n) is 3.75. The van der Waals surface area contributed by atoms with E-state index in [1.807, 2.05) is 17.5 Å². The largest absolute Gasteiger partial charge is 0.325 e. The number of anilines is 1. The first-order chi connectivity index (χ1) is 12.2. The molecule has 0 saturated heterocycles. The van der Waals surface area contributed by atoms with Gasteiger partial charge in [-0.2, -0.15) is 5.26 Å². The number of aryl methyl sites for hydroxylation is 2. The van der Waals surface area contributed by atoms with Crippen molar-refractivity contribution >= 4 is 22.9 Å². The van der Waals surface area contributed by atoms with E-state index in [-0.39, 0.29) is 5.91 Å². The lowest BCUT2D eigenvalue weighted by molar-refractivity contribution is -0.116. The Hall–Kier alpha value is -2.97. The van der Waals surface area contributed by atoms with E-state index < -0.39 is 0 Å². The normalized spacial score (nSPS) is 10.2. The minimum atomic E-state index is -0.118. The van der Waals surface area contributed by atoms with Crippen LogP contribution in [-0.2, 0) is 11.2 Å². The summed E-state index contributed by atoms with van der Waals surface area (Å²) >= 11 is 1.59. The highest BCUT2D eigenvalue weighted by Gasteiger charge is 2.09. The van der Waals surface area contributed by atoms with Gasteiger partial charge >= 0.3 is 0 Å². The van der Waals surface area contributed by atoms with E-state index in [4.69, 9.17) is 5.26 Å². The lowest BCUT2D eigenvalue weighted by Crippen LogP contribution is -2.13. The topological polar surface area (TPSA) is 65.8 Å². The average molecular weight is 347 g/mol. The van der Waals surface area contributed by atoms with E-state index in [1.165, 1.54) is 5.56 Å². The number of hydrogen-bond donors (Lipinski definition) is 1. The fourth-order valence-electron chi connectivity index (χ4n) is 2.48. The van der Waals surface area contributed by atoms with Gasteiger partial charge in [0.25, 0.3) is 0 Å². The van der Waals surface area contributed by atoms with Gasteiger partial charge in [0, 0.05) is 17.4 Å². The third kappa shape index (κ3) is 4.31.